The molecule has 2 bridgehead atoms. The van der Waals surface area contributed by atoms with Crippen molar-refractivity contribution in [3.8, 4) is 0 Å². The highest BCUT2D eigenvalue weighted by atomic mass is 36.0. The lowest BCUT2D eigenvalue weighted by atomic mass is 10.1. The molecule has 160 valence electrons. The Morgan fingerprint density at radius 3 is 1.44 bits per heavy atom. The van der Waals surface area contributed by atoms with Crippen LogP contribution in [0.5, 0.6) is 0 Å². The number of hydrogen-bond donors (Lipinski definition) is 3. The van der Waals surface area contributed by atoms with Gasteiger partial charge in [0.1, 0.15) is 39.6 Å². The number of fused-ring (bicyclic) bond motifs is 3. The Labute approximate surface area is 165 Å². The summed E-state index contributed by atoms with van der Waals surface area (Å²) in [6.07, 6.45) is 0. The van der Waals surface area contributed by atoms with Crippen molar-refractivity contribution in [1.29, 1.82) is 0 Å². The molecule has 3 aliphatic heterocycles. The first-order valence-corrected chi connectivity index (χ1v) is 12.4. The largest absolute Gasteiger partial charge is 0.475 e. The minimum absolute atomic E-state index is 0.197. The van der Waals surface area contributed by atoms with E-state index in [1.165, 1.54) is 0 Å². The van der Waals surface area contributed by atoms with Gasteiger partial charge in [-0.25, -0.2) is 4.57 Å². The summed E-state index contributed by atoms with van der Waals surface area (Å²) < 4.78 is 34.4. The highest BCUT2D eigenvalue weighted by Crippen LogP contribution is 2.61. The highest BCUT2D eigenvalue weighted by Gasteiger charge is 2.59. The van der Waals surface area contributed by atoms with Crippen molar-refractivity contribution < 1.29 is 47.9 Å². The van der Waals surface area contributed by atoms with Crippen molar-refractivity contribution in [2.45, 2.75) is 11.1 Å². The van der Waals surface area contributed by atoms with E-state index >= 15 is 0 Å². The molecule has 14 nitrogen and oxygen atoms in total. The molecule has 0 spiro atoms. The van der Waals surface area contributed by atoms with Crippen LogP contribution in [0.25, 0.3) is 0 Å². The minimum atomic E-state index is -3.42. The molecular weight excluding hydrogens is 484 g/mol. The lowest BCUT2D eigenvalue weighted by Gasteiger charge is -2.37. The minimum Gasteiger partial charge on any atom is -0.389 e. The summed E-state index contributed by atoms with van der Waals surface area (Å²) >= 11 is 13.8. The van der Waals surface area contributed by atoms with Gasteiger partial charge in [0, 0.05) is 9.85 Å². The van der Waals surface area contributed by atoms with Crippen molar-refractivity contribution in [3.63, 3.8) is 0 Å². The van der Waals surface area contributed by atoms with E-state index in [1.807, 2.05) is 0 Å². The van der Waals surface area contributed by atoms with E-state index < -0.39 is 53.8 Å². The number of nitro groups is 2. The van der Waals surface area contributed by atoms with Crippen LogP contribution in [0.3, 0.4) is 0 Å². The quantitative estimate of drug-likeness (QED) is 0.274. The highest BCUT2D eigenvalue weighted by molar-refractivity contribution is 8.24. The normalized spacial score (nSPS) is 26.9. The number of aliphatic hydroxyl groups is 3. The van der Waals surface area contributed by atoms with Crippen LogP contribution in [0.15, 0.2) is 0 Å². The number of nitrogens with zero attached hydrogens (tertiary/aromatic N) is 2. The molecule has 3 heterocycles. The summed E-state index contributed by atoms with van der Waals surface area (Å²) in [5, 5.41) is 42.5. The Balaban J connectivity index is 0.000000410. The van der Waals surface area contributed by atoms with Crippen LogP contribution < -0.4 is 0 Å². The second-order valence-corrected chi connectivity index (χ2v) is 13.4. The van der Waals surface area contributed by atoms with E-state index in [0.29, 0.717) is 0 Å². The van der Waals surface area contributed by atoms with E-state index in [-0.39, 0.29) is 19.8 Å². The molecule has 0 aliphatic carbocycles. The van der Waals surface area contributed by atoms with Crippen LogP contribution in [0.1, 0.15) is 0 Å². The molecule has 0 aromatic rings. The van der Waals surface area contributed by atoms with Crippen LogP contribution in [-0.4, -0.2) is 75.9 Å². The van der Waals surface area contributed by atoms with Crippen molar-refractivity contribution in [3.05, 3.63) is 20.2 Å². The zero-order valence-corrected chi connectivity index (χ0v) is 17.2. The number of halogens is 3. The van der Waals surface area contributed by atoms with E-state index in [4.69, 9.17) is 15.3 Å². The maximum absolute atomic E-state index is 11.1. The van der Waals surface area contributed by atoms with Gasteiger partial charge in [0.2, 0.25) is 0 Å². The third-order valence-corrected chi connectivity index (χ3v) is 4.47. The number of hydrogen-bond acceptors (Lipinski definition) is 12. The Bertz CT molecular complexity index is 578. The van der Waals surface area contributed by atoms with Crippen LogP contribution >= 0.6 is 46.7 Å². The molecule has 3 aliphatic rings. The Hall–Kier alpha value is -0.110. The third kappa shape index (κ3) is 8.42. The van der Waals surface area contributed by atoms with E-state index in [1.54, 1.807) is 0 Å². The van der Waals surface area contributed by atoms with Crippen LogP contribution in [0.4, 0.5) is 0 Å². The smallest absolute Gasteiger partial charge is 0.389 e. The molecular formula is C8H15Cl3N2O12P2. The monoisotopic (exact) mass is 498 g/mol. The number of phosphoric acid groups is 1. The number of aliphatic hydroxyl groups excluding tert-OH is 3. The molecule has 3 rings (SSSR count). The van der Waals surface area contributed by atoms with Gasteiger partial charge in [-0.2, -0.15) is 0 Å². The van der Waals surface area contributed by atoms with Gasteiger partial charge in [0.05, 0.1) is 0 Å². The summed E-state index contributed by atoms with van der Waals surface area (Å²) in [5.41, 5.74) is -3.34. The fourth-order valence-corrected chi connectivity index (χ4v) is 2.73. The molecule has 0 aromatic heterocycles. The van der Waals surface area contributed by atoms with E-state index in [0.717, 1.165) is 0 Å². The first-order chi connectivity index (χ1) is 12.2. The molecule has 3 fully saturated rings. The summed E-state index contributed by atoms with van der Waals surface area (Å²) in [6.45, 7) is -3.20. The van der Waals surface area contributed by atoms with Crippen molar-refractivity contribution in [2.24, 2.45) is 0 Å². The number of rotatable bonds is 5. The zero-order valence-electron chi connectivity index (χ0n) is 13.2. The fraction of sp³-hybridized carbons (Fsp3) is 1.00. The van der Waals surface area contributed by atoms with Gasteiger partial charge in [-0.1, -0.05) is 0 Å². The Morgan fingerprint density at radius 2 is 1.30 bits per heavy atom. The molecule has 0 atom stereocenters. The maximum Gasteiger partial charge on any atom is 0.475 e. The SMILES string of the molecule is O=P(Cl)(Cl)Cl.O=[N+]([O-])C(CO)(CO)CO.O=[N+]([O-])C12COP(=O)(OC1)OC2. The second-order valence-electron chi connectivity index (χ2n) is 5.10. The van der Waals surface area contributed by atoms with Crippen molar-refractivity contribution >= 4 is 46.7 Å². The van der Waals surface area contributed by atoms with Crippen LogP contribution in [0, 0.1) is 20.2 Å². The average Bonchev–Trinajstić information content (AvgIpc) is 2.56. The molecule has 0 unspecified atom stereocenters. The topological polar surface area (TPSA) is 209 Å². The molecule has 0 aromatic carbocycles. The predicted octanol–water partition coefficient (Wildman–Crippen LogP) is 0.977. The average molecular weight is 500 g/mol. The van der Waals surface area contributed by atoms with Crippen molar-refractivity contribution in [2.75, 3.05) is 39.6 Å². The first kappa shape index (κ1) is 26.9. The summed E-state index contributed by atoms with van der Waals surface area (Å²) in [5.74, 6) is 0. The van der Waals surface area contributed by atoms with Crippen molar-refractivity contribution in [1.82, 2.24) is 0 Å². The summed E-state index contributed by atoms with van der Waals surface area (Å²) in [7, 11) is -3.42. The molecule has 3 N–H and O–H groups in total. The predicted molar refractivity (Wildman–Crippen MR) is 91.3 cm³/mol. The van der Waals surface area contributed by atoms with Gasteiger partial charge in [0.25, 0.3) is 11.1 Å². The lowest BCUT2D eigenvalue weighted by molar-refractivity contribution is -0.586. The summed E-state index contributed by atoms with van der Waals surface area (Å²) in [6, 6.07) is 0. The summed E-state index contributed by atoms with van der Waals surface area (Å²) in [4.78, 5) is 19.1. The fourth-order valence-electron chi connectivity index (χ4n) is 1.32. The molecule has 0 amide bonds. The van der Waals surface area contributed by atoms with Gasteiger partial charge in [-0.3, -0.25) is 38.4 Å². The Morgan fingerprint density at radius 1 is 1.00 bits per heavy atom. The van der Waals surface area contributed by atoms with Gasteiger partial charge < -0.3 is 15.3 Å². The second kappa shape index (κ2) is 10.6. The third-order valence-electron chi connectivity index (χ3n) is 3.13. The zero-order chi connectivity index (χ0) is 21.5. The molecule has 27 heavy (non-hydrogen) atoms. The van der Waals surface area contributed by atoms with Crippen LogP contribution in [-0.2, 0) is 22.7 Å². The van der Waals surface area contributed by atoms with Gasteiger partial charge in [-0.15, -0.1) is 0 Å². The van der Waals surface area contributed by atoms with Gasteiger partial charge in [-0.05, 0) is 33.7 Å². The maximum atomic E-state index is 11.1. The molecule has 0 saturated carbocycles. The molecule has 3 saturated heterocycles. The van der Waals surface area contributed by atoms with Gasteiger partial charge >= 0.3 is 13.0 Å². The van der Waals surface area contributed by atoms with E-state index in [9.17, 15) is 29.4 Å². The number of phosphoric ester groups is 1. The lowest BCUT2D eigenvalue weighted by Crippen LogP contribution is -2.56. The van der Waals surface area contributed by atoms with Gasteiger partial charge in [0.15, 0.2) is 0 Å². The standard InChI is InChI=1S/C4H6NO6P.C4H9NO5.Cl3OP/c6-5(7)4-1-9-12(8,10-2-4)11-3-4;6-1-4(2-7,3-8)5(9)10;1-5(2,3)4/h1-3H2;6-8H,1-3H2;. The Kier molecular flexibility index (Phi) is 10.6. The first-order valence-electron chi connectivity index (χ1n) is 6.53. The van der Waals surface area contributed by atoms with E-state index in [2.05, 4.69) is 47.3 Å². The molecule has 19 heteroatoms. The molecule has 0 radical (unpaired) electrons. The van der Waals surface area contributed by atoms with Crippen LogP contribution in [0.2, 0.25) is 0 Å².